The molecule has 1 N–H and O–H groups in total. The summed E-state index contributed by atoms with van der Waals surface area (Å²) in [6, 6.07) is 6.01. The second kappa shape index (κ2) is 7.32. The maximum Gasteiger partial charge on any atom is 0.344 e. The number of aliphatic carboxylic acids is 1. The Morgan fingerprint density at radius 2 is 2.26 bits per heavy atom. The monoisotopic (exact) mass is 320 g/mol. The Kier molecular flexibility index (Phi) is 5.18. The van der Waals surface area contributed by atoms with Crippen LogP contribution in [-0.4, -0.2) is 30.1 Å². The molecular weight excluding hydrogens is 296 g/mol. The lowest BCUT2D eigenvalue weighted by Crippen LogP contribution is -2.31. The van der Waals surface area contributed by atoms with Gasteiger partial charge >= 0.3 is 5.97 Å². The van der Waals surface area contributed by atoms with Crippen molar-refractivity contribution >= 4 is 5.97 Å². The molecular formula is C18H24O5. The van der Waals surface area contributed by atoms with E-state index in [9.17, 15) is 4.79 Å². The van der Waals surface area contributed by atoms with Gasteiger partial charge in [0, 0.05) is 6.61 Å². The van der Waals surface area contributed by atoms with E-state index < -0.39 is 12.1 Å². The Balaban J connectivity index is 1.73. The molecule has 23 heavy (non-hydrogen) atoms. The van der Waals surface area contributed by atoms with E-state index in [1.54, 1.807) is 0 Å². The van der Waals surface area contributed by atoms with E-state index >= 15 is 0 Å². The van der Waals surface area contributed by atoms with Crippen LogP contribution in [0.2, 0.25) is 0 Å². The van der Waals surface area contributed by atoms with Crippen LogP contribution in [0, 0.1) is 0 Å². The van der Waals surface area contributed by atoms with Crippen LogP contribution in [0.4, 0.5) is 0 Å². The van der Waals surface area contributed by atoms with Crippen LogP contribution in [0.25, 0.3) is 0 Å². The van der Waals surface area contributed by atoms with Gasteiger partial charge in [-0.15, -0.1) is 0 Å². The number of carboxylic acids is 1. The van der Waals surface area contributed by atoms with Gasteiger partial charge in [-0.3, -0.25) is 0 Å². The topological polar surface area (TPSA) is 65.0 Å². The lowest BCUT2D eigenvalue weighted by molar-refractivity contribution is -0.190. The van der Waals surface area contributed by atoms with Gasteiger partial charge in [0.2, 0.25) is 0 Å². The van der Waals surface area contributed by atoms with Crippen LogP contribution >= 0.6 is 0 Å². The minimum Gasteiger partial charge on any atom is -0.479 e. The number of rotatable bonds is 5. The first-order chi connectivity index (χ1) is 11.2. The molecule has 2 aliphatic heterocycles. The molecule has 1 aromatic carbocycles. The molecule has 1 saturated heterocycles. The maximum atomic E-state index is 11.1. The van der Waals surface area contributed by atoms with E-state index in [-0.39, 0.29) is 12.4 Å². The van der Waals surface area contributed by atoms with Crippen molar-refractivity contribution in [2.75, 3.05) is 6.61 Å². The quantitative estimate of drug-likeness (QED) is 0.900. The number of hydrogen-bond acceptors (Lipinski definition) is 4. The first kappa shape index (κ1) is 16.3. The van der Waals surface area contributed by atoms with E-state index in [1.165, 1.54) is 0 Å². The summed E-state index contributed by atoms with van der Waals surface area (Å²) < 4.78 is 17.4. The molecule has 2 aliphatic rings. The third-order valence-electron chi connectivity index (χ3n) is 4.51. The average molecular weight is 320 g/mol. The van der Waals surface area contributed by atoms with E-state index in [4.69, 9.17) is 19.3 Å². The first-order valence-corrected chi connectivity index (χ1v) is 8.46. The van der Waals surface area contributed by atoms with E-state index in [0.717, 1.165) is 49.8 Å². The van der Waals surface area contributed by atoms with Crippen molar-refractivity contribution in [1.82, 2.24) is 0 Å². The third kappa shape index (κ3) is 3.85. The fourth-order valence-electron chi connectivity index (χ4n) is 3.17. The number of ether oxygens (including phenoxy) is 3. The van der Waals surface area contributed by atoms with Crippen molar-refractivity contribution in [3.05, 3.63) is 29.3 Å². The molecule has 3 rings (SSSR count). The Hall–Kier alpha value is -1.59. The normalized spacial score (nSPS) is 25.3. The average Bonchev–Trinajstić information content (AvgIpc) is 2.59. The summed E-state index contributed by atoms with van der Waals surface area (Å²) in [6.45, 7) is 2.84. The van der Waals surface area contributed by atoms with Crippen LogP contribution in [0.5, 0.6) is 5.75 Å². The molecule has 3 atom stereocenters. The van der Waals surface area contributed by atoms with Crippen molar-refractivity contribution in [1.29, 1.82) is 0 Å². The minimum absolute atomic E-state index is 0.0581. The maximum absolute atomic E-state index is 11.1. The van der Waals surface area contributed by atoms with Gasteiger partial charge in [-0.1, -0.05) is 19.1 Å². The standard InChI is InChI=1S/C18H24O5/c1-2-14(23-17-5-3-4-10-21-17)13-7-6-12-8-9-15(18(19)20)22-16(12)11-13/h6-7,11,14-15,17H,2-5,8-10H2,1H3,(H,19,20). The van der Waals surface area contributed by atoms with E-state index in [0.29, 0.717) is 12.2 Å². The Labute approximate surface area is 136 Å². The third-order valence-corrected chi connectivity index (χ3v) is 4.51. The molecule has 0 spiro atoms. The zero-order valence-electron chi connectivity index (χ0n) is 13.5. The Morgan fingerprint density at radius 3 is 2.96 bits per heavy atom. The summed E-state index contributed by atoms with van der Waals surface area (Å²) >= 11 is 0. The molecule has 126 valence electrons. The van der Waals surface area contributed by atoms with Gasteiger partial charge in [-0.2, -0.15) is 0 Å². The molecule has 1 aromatic rings. The predicted octanol–water partition coefficient (Wildman–Crippen LogP) is 3.46. The van der Waals surface area contributed by atoms with Crippen LogP contribution < -0.4 is 4.74 Å². The highest BCUT2D eigenvalue weighted by molar-refractivity contribution is 5.73. The summed E-state index contributed by atoms with van der Waals surface area (Å²) in [5.41, 5.74) is 2.08. The van der Waals surface area contributed by atoms with Gasteiger partial charge in [0.05, 0.1) is 6.10 Å². The fourth-order valence-corrected chi connectivity index (χ4v) is 3.17. The van der Waals surface area contributed by atoms with Crippen molar-refractivity contribution in [3.63, 3.8) is 0 Å². The van der Waals surface area contributed by atoms with Gasteiger partial charge in [0.25, 0.3) is 0 Å². The van der Waals surface area contributed by atoms with Gasteiger partial charge in [0.15, 0.2) is 12.4 Å². The Morgan fingerprint density at radius 1 is 1.39 bits per heavy atom. The number of aryl methyl sites for hydroxylation is 1. The molecule has 5 heteroatoms. The number of carbonyl (C=O) groups is 1. The highest BCUT2D eigenvalue weighted by Crippen LogP contribution is 2.33. The zero-order valence-corrected chi connectivity index (χ0v) is 13.5. The van der Waals surface area contributed by atoms with Crippen molar-refractivity contribution in [3.8, 4) is 5.75 Å². The van der Waals surface area contributed by atoms with Crippen molar-refractivity contribution < 1.29 is 24.1 Å². The van der Waals surface area contributed by atoms with Gasteiger partial charge in [0.1, 0.15) is 5.75 Å². The van der Waals surface area contributed by atoms with Gasteiger partial charge in [-0.25, -0.2) is 4.79 Å². The Bertz CT molecular complexity index is 550. The van der Waals surface area contributed by atoms with Crippen molar-refractivity contribution in [2.24, 2.45) is 0 Å². The second-order valence-corrected chi connectivity index (χ2v) is 6.18. The van der Waals surface area contributed by atoms with Crippen LogP contribution in [0.3, 0.4) is 0 Å². The number of fused-ring (bicyclic) bond motifs is 1. The molecule has 0 saturated carbocycles. The summed E-state index contributed by atoms with van der Waals surface area (Å²) in [5.74, 6) is -0.229. The second-order valence-electron chi connectivity index (χ2n) is 6.18. The largest absolute Gasteiger partial charge is 0.479 e. The minimum atomic E-state index is -0.903. The number of benzene rings is 1. The summed E-state index contributed by atoms with van der Waals surface area (Å²) in [5, 5.41) is 9.14. The van der Waals surface area contributed by atoms with E-state index in [1.807, 2.05) is 12.1 Å². The predicted molar refractivity (Wildman–Crippen MR) is 84.5 cm³/mol. The highest BCUT2D eigenvalue weighted by atomic mass is 16.7. The van der Waals surface area contributed by atoms with Gasteiger partial charge < -0.3 is 19.3 Å². The summed E-state index contributed by atoms with van der Waals surface area (Å²) in [6.07, 6.45) is 4.30. The molecule has 1 fully saturated rings. The molecule has 0 aromatic heterocycles. The van der Waals surface area contributed by atoms with Crippen LogP contribution in [-0.2, 0) is 20.7 Å². The molecule has 0 amide bonds. The molecule has 0 aliphatic carbocycles. The lowest BCUT2D eigenvalue weighted by atomic mass is 9.98. The van der Waals surface area contributed by atoms with Crippen LogP contribution in [0.15, 0.2) is 18.2 Å². The molecule has 0 radical (unpaired) electrons. The first-order valence-electron chi connectivity index (χ1n) is 8.46. The molecule has 0 bridgehead atoms. The molecule has 5 nitrogen and oxygen atoms in total. The van der Waals surface area contributed by atoms with E-state index in [2.05, 4.69) is 13.0 Å². The smallest absolute Gasteiger partial charge is 0.344 e. The fraction of sp³-hybridized carbons (Fsp3) is 0.611. The number of hydrogen-bond donors (Lipinski definition) is 1. The van der Waals surface area contributed by atoms with Crippen LogP contribution in [0.1, 0.15) is 56.3 Å². The zero-order chi connectivity index (χ0) is 16.2. The number of carboxylic acid groups (broad SMARTS) is 1. The molecule has 3 unspecified atom stereocenters. The summed E-state index contributed by atoms with van der Waals surface area (Å²) in [4.78, 5) is 11.1. The summed E-state index contributed by atoms with van der Waals surface area (Å²) in [7, 11) is 0. The van der Waals surface area contributed by atoms with Crippen molar-refractivity contribution in [2.45, 2.75) is 63.9 Å². The highest BCUT2D eigenvalue weighted by Gasteiger charge is 2.27. The van der Waals surface area contributed by atoms with Gasteiger partial charge in [-0.05, 0) is 55.7 Å². The lowest BCUT2D eigenvalue weighted by Gasteiger charge is -2.29. The SMILES string of the molecule is CCC(OC1CCCCO1)c1ccc2c(c1)OC(C(=O)O)CC2. The molecule has 2 heterocycles.